The van der Waals surface area contributed by atoms with Crippen LogP contribution in [0.4, 0.5) is 0 Å². The van der Waals surface area contributed by atoms with Gasteiger partial charge in [0.15, 0.2) is 6.61 Å². The molecule has 0 fully saturated rings. The number of phenolic OH excluding ortho intramolecular Hbond substituents is 2. The van der Waals surface area contributed by atoms with Gasteiger partial charge in [0, 0.05) is 6.07 Å². The average molecular weight is 320 g/mol. The highest BCUT2D eigenvalue weighted by Gasteiger charge is 2.12. The number of ketones is 1. The highest BCUT2D eigenvalue weighted by atomic mass is 16.5. The number of carbonyl (C=O) groups is 1. The van der Waals surface area contributed by atoms with E-state index in [0.29, 0.717) is 5.75 Å². The summed E-state index contributed by atoms with van der Waals surface area (Å²) in [7, 11) is 0. The van der Waals surface area contributed by atoms with Crippen molar-refractivity contribution in [3.05, 3.63) is 78.4 Å². The Kier molecular flexibility index (Phi) is 4.47. The van der Waals surface area contributed by atoms with E-state index < -0.39 is 0 Å². The van der Waals surface area contributed by atoms with E-state index in [1.54, 1.807) is 12.1 Å². The first-order valence-electron chi connectivity index (χ1n) is 7.47. The van der Waals surface area contributed by atoms with E-state index in [9.17, 15) is 15.0 Å². The summed E-state index contributed by atoms with van der Waals surface area (Å²) < 4.78 is 5.48. The molecule has 0 spiro atoms. The van der Waals surface area contributed by atoms with Crippen LogP contribution in [0.2, 0.25) is 0 Å². The molecule has 0 atom stereocenters. The molecule has 4 heteroatoms. The number of carbonyl (C=O) groups excluding carboxylic acids is 1. The molecule has 0 aliphatic carbocycles. The SMILES string of the molecule is O=C(COc1ccc(-c2ccccc2)cc1)c1ccc(O)cc1O. The van der Waals surface area contributed by atoms with E-state index >= 15 is 0 Å². The van der Waals surface area contributed by atoms with E-state index in [0.717, 1.165) is 17.2 Å². The van der Waals surface area contributed by atoms with Crippen LogP contribution in [0.15, 0.2) is 72.8 Å². The number of rotatable bonds is 5. The number of benzene rings is 3. The summed E-state index contributed by atoms with van der Waals surface area (Å²) in [4.78, 5) is 12.1. The molecule has 0 aromatic heterocycles. The van der Waals surface area contributed by atoms with Crippen molar-refractivity contribution in [1.82, 2.24) is 0 Å². The lowest BCUT2D eigenvalue weighted by molar-refractivity contribution is 0.0919. The zero-order valence-corrected chi connectivity index (χ0v) is 12.8. The zero-order chi connectivity index (χ0) is 16.9. The normalized spacial score (nSPS) is 10.3. The van der Waals surface area contributed by atoms with Gasteiger partial charge in [-0.25, -0.2) is 0 Å². The Morgan fingerprint density at radius 2 is 1.50 bits per heavy atom. The van der Waals surface area contributed by atoms with Crippen LogP contribution in [0, 0.1) is 0 Å². The Morgan fingerprint density at radius 3 is 2.17 bits per heavy atom. The average Bonchev–Trinajstić information content (AvgIpc) is 2.61. The molecule has 3 aromatic carbocycles. The lowest BCUT2D eigenvalue weighted by atomic mass is 10.1. The summed E-state index contributed by atoms with van der Waals surface area (Å²) >= 11 is 0. The summed E-state index contributed by atoms with van der Waals surface area (Å²) in [6.45, 7) is -0.191. The molecule has 120 valence electrons. The van der Waals surface area contributed by atoms with Crippen molar-refractivity contribution in [3.63, 3.8) is 0 Å². The Hall–Kier alpha value is -3.27. The molecule has 0 saturated carbocycles. The maximum atomic E-state index is 12.1. The minimum Gasteiger partial charge on any atom is -0.508 e. The molecule has 0 aliphatic heterocycles. The van der Waals surface area contributed by atoms with Gasteiger partial charge < -0.3 is 14.9 Å². The number of hydrogen-bond donors (Lipinski definition) is 2. The Bertz CT molecular complexity index is 839. The Labute approximate surface area is 139 Å². The van der Waals surface area contributed by atoms with Gasteiger partial charge in [0.25, 0.3) is 0 Å². The summed E-state index contributed by atoms with van der Waals surface area (Å²) in [5.41, 5.74) is 2.29. The van der Waals surface area contributed by atoms with Crippen LogP contribution < -0.4 is 4.74 Å². The molecule has 24 heavy (non-hydrogen) atoms. The Morgan fingerprint density at radius 1 is 0.833 bits per heavy atom. The maximum absolute atomic E-state index is 12.1. The second-order valence-electron chi connectivity index (χ2n) is 5.30. The summed E-state index contributed by atoms with van der Waals surface area (Å²) in [6, 6.07) is 21.2. The summed E-state index contributed by atoms with van der Waals surface area (Å²) in [6.07, 6.45) is 0. The third kappa shape index (κ3) is 3.55. The molecule has 2 N–H and O–H groups in total. The van der Waals surface area contributed by atoms with E-state index in [2.05, 4.69) is 0 Å². The Balaban J connectivity index is 1.65. The van der Waals surface area contributed by atoms with Crippen molar-refractivity contribution < 1.29 is 19.7 Å². The lowest BCUT2D eigenvalue weighted by Crippen LogP contribution is -2.11. The van der Waals surface area contributed by atoms with E-state index in [1.807, 2.05) is 42.5 Å². The van der Waals surface area contributed by atoms with Gasteiger partial charge in [-0.3, -0.25) is 4.79 Å². The predicted octanol–water partition coefficient (Wildman–Crippen LogP) is 4.03. The first-order chi connectivity index (χ1) is 11.6. The number of aromatic hydroxyl groups is 2. The van der Waals surface area contributed by atoms with Crippen molar-refractivity contribution in [1.29, 1.82) is 0 Å². The molecule has 0 radical (unpaired) electrons. The lowest BCUT2D eigenvalue weighted by Gasteiger charge is -2.08. The second kappa shape index (κ2) is 6.87. The van der Waals surface area contributed by atoms with Gasteiger partial charge in [-0.1, -0.05) is 42.5 Å². The van der Waals surface area contributed by atoms with Crippen molar-refractivity contribution >= 4 is 5.78 Å². The molecule has 0 bridgehead atoms. The topological polar surface area (TPSA) is 66.8 Å². The van der Waals surface area contributed by atoms with Gasteiger partial charge in [0.05, 0.1) is 5.56 Å². The molecule has 3 rings (SSSR count). The largest absolute Gasteiger partial charge is 0.508 e. The molecule has 0 unspecified atom stereocenters. The minimum absolute atomic E-state index is 0.0959. The molecule has 0 aliphatic rings. The van der Waals surface area contributed by atoms with Crippen LogP contribution in [0.5, 0.6) is 17.2 Å². The second-order valence-corrected chi connectivity index (χ2v) is 5.30. The maximum Gasteiger partial charge on any atom is 0.203 e. The van der Waals surface area contributed by atoms with Gasteiger partial charge in [-0.2, -0.15) is 0 Å². The van der Waals surface area contributed by atoms with Crippen LogP contribution in [0.25, 0.3) is 11.1 Å². The van der Waals surface area contributed by atoms with Gasteiger partial charge >= 0.3 is 0 Å². The first kappa shape index (κ1) is 15.6. The fourth-order valence-electron chi connectivity index (χ4n) is 2.36. The molecular formula is C20H16O4. The standard InChI is InChI=1S/C20H16O4/c21-16-8-11-18(19(22)12-16)20(23)13-24-17-9-6-15(7-10-17)14-4-2-1-3-5-14/h1-12,21-22H,13H2. The van der Waals surface area contributed by atoms with E-state index in [4.69, 9.17) is 4.74 Å². The van der Waals surface area contributed by atoms with Gasteiger partial charge in [-0.05, 0) is 35.4 Å². The van der Waals surface area contributed by atoms with Gasteiger partial charge in [-0.15, -0.1) is 0 Å². The fourth-order valence-corrected chi connectivity index (χ4v) is 2.36. The van der Waals surface area contributed by atoms with E-state index in [1.165, 1.54) is 12.1 Å². The molecular weight excluding hydrogens is 304 g/mol. The monoisotopic (exact) mass is 320 g/mol. The summed E-state index contributed by atoms with van der Waals surface area (Å²) in [5.74, 6) is -0.148. The van der Waals surface area contributed by atoms with Crippen LogP contribution >= 0.6 is 0 Å². The molecule has 3 aromatic rings. The minimum atomic E-state index is -0.361. The smallest absolute Gasteiger partial charge is 0.203 e. The number of phenols is 2. The highest BCUT2D eigenvalue weighted by molar-refractivity contribution is 5.99. The quantitative estimate of drug-likeness (QED) is 0.697. The first-order valence-corrected chi connectivity index (χ1v) is 7.47. The molecule has 0 amide bonds. The fraction of sp³-hybridized carbons (Fsp3) is 0.0500. The van der Waals surface area contributed by atoms with Crippen LogP contribution in [0.3, 0.4) is 0 Å². The molecule has 0 saturated heterocycles. The highest BCUT2D eigenvalue weighted by Crippen LogP contribution is 2.24. The van der Waals surface area contributed by atoms with Crippen LogP contribution in [-0.4, -0.2) is 22.6 Å². The molecule has 0 heterocycles. The van der Waals surface area contributed by atoms with Gasteiger partial charge in [0.1, 0.15) is 17.2 Å². The van der Waals surface area contributed by atoms with Crippen molar-refractivity contribution in [2.24, 2.45) is 0 Å². The van der Waals surface area contributed by atoms with Crippen LogP contribution in [0.1, 0.15) is 10.4 Å². The zero-order valence-electron chi connectivity index (χ0n) is 12.8. The third-order valence-electron chi connectivity index (χ3n) is 3.61. The van der Waals surface area contributed by atoms with Crippen molar-refractivity contribution in [2.75, 3.05) is 6.61 Å². The van der Waals surface area contributed by atoms with Crippen molar-refractivity contribution in [3.8, 4) is 28.4 Å². The number of hydrogen-bond acceptors (Lipinski definition) is 4. The number of ether oxygens (including phenoxy) is 1. The number of Topliss-reactive ketones (excluding diaryl/α,β-unsaturated/α-hetero) is 1. The van der Waals surface area contributed by atoms with Crippen LogP contribution in [-0.2, 0) is 0 Å². The molecule has 4 nitrogen and oxygen atoms in total. The summed E-state index contributed by atoms with van der Waals surface area (Å²) in [5, 5.41) is 18.9. The van der Waals surface area contributed by atoms with Gasteiger partial charge in [0.2, 0.25) is 5.78 Å². The third-order valence-corrected chi connectivity index (χ3v) is 3.61. The predicted molar refractivity (Wildman–Crippen MR) is 91.5 cm³/mol. The van der Waals surface area contributed by atoms with E-state index in [-0.39, 0.29) is 29.5 Å². The van der Waals surface area contributed by atoms with Crippen molar-refractivity contribution in [2.45, 2.75) is 0 Å².